The van der Waals surface area contributed by atoms with Crippen LogP contribution in [0.25, 0.3) is 0 Å². The van der Waals surface area contributed by atoms with E-state index in [2.05, 4.69) is 10.6 Å². The lowest BCUT2D eigenvalue weighted by atomic mass is 10.0. The third kappa shape index (κ3) is 4.90. The van der Waals surface area contributed by atoms with E-state index in [0.29, 0.717) is 16.7 Å². The summed E-state index contributed by atoms with van der Waals surface area (Å²) in [4.78, 5) is 11.6. The highest BCUT2D eigenvalue weighted by molar-refractivity contribution is 6.30. The molecule has 1 aromatic rings. The SMILES string of the molecule is Cc1cc(Cl)ccc1OCC(=O)NCC1CNC1.Cl. The maximum Gasteiger partial charge on any atom is 0.257 e. The van der Waals surface area contributed by atoms with Gasteiger partial charge < -0.3 is 15.4 Å². The van der Waals surface area contributed by atoms with Crippen molar-refractivity contribution in [3.8, 4) is 5.75 Å². The minimum absolute atomic E-state index is 0. The summed E-state index contributed by atoms with van der Waals surface area (Å²) in [5.41, 5.74) is 0.929. The summed E-state index contributed by atoms with van der Waals surface area (Å²) in [6, 6.07) is 5.34. The van der Waals surface area contributed by atoms with E-state index in [4.69, 9.17) is 16.3 Å². The molecular weight excluding hydrogens is 287 g/mol. The Morgan fingerprint density at radius 1 is 1.53 bits per heavy atom. The fourth-order valence-electron chi connectivity index (χ4n) is 1.72. The molecule has 0 unspecified atom stereocenters. The number of ether oxygens (including phenoxy) is 1. The molecule has 0 radical (unpaired) electrons. The van der Waals surface area contributed by atoms with E-state index in [1.54, 1.807) is 12.1 Å². The van der Waals surface area contributed by atoms with Crippen LogP contribution in [0, 0.1) is 12.8 Å². The Bertz CT molecular complexity index is 437. The highest BCUT2D eigenvalue weighted by Crippen LogP contribution is 2.21. The summed E-state index contributed by atoms with van der Waals surface area (Å²) in [7, 11) is 0. The Kier molecular flexibility index (Phi) is 6.42. The molecule has 1 amide bonds. The Labute approximate surface area is 124 Å². The van der Waals surface area contributed by atoms with Crippen LogP contribution < -0.4 is 15.4 Å². The Balaban J connectivity index is 0.00000180. The molecule has 1 heterocycles. The zero-order valence-corrected chi connectivity index (χ0v) is 12.3. The summed E-state index contributed by atoms with van der Waals surface area (Å²) in [5.74, 6) is 1.17. The molecular formula is C13H18Cl2N2O2. The zero-order valence-electron chi connectivity index (χ0n) is 10.7. The maximum atomic E-state index is 11.6. The summed E-state index contributed by atoms with van der Waals surface area (Å²) >= 11 is 5.85. The highest BCUT2D eigenvalue weighted by Gasteiger charge is 2.17. The molecule has 0 aromatic heterocycles. The van der Waals surface area contributed by atoms with Gasteiger partial charge in [-0.05, 0) is 30.7 Å². The van der Waals surface area contributed by atoms with Gasteiger partial charge in [-0.15, -0.1) is 12.4 Å². The van der Waals surface area contributed by atoms with Crippen molar-refractivity contribution in [2.45, 2.75) is 6.92 Å². The van der Waals surface area contributed by atoms with Crippen molar-refractivity contribution in [3.05, 3.63) is 28.8 Å². The van der Waals surface area contributed by atoms with Gasteiger partial charge in [0.05, 0.1) is 0 Å². The molecule has 1 saturated heterocycles. The van der Waals surface area contributed by atoms with Gasteiger partial charge in [0.15, 0.2) is 6.61 Å². The van der Waals surface area contributed by atoms with Gasteiger partial charge >= 0.3 is 0 Å². The van der Waals surface area contributed by atoms with Crippen LogP contribution in [0.15, 0.2) is 18.2 Å². The van der Waals surface area contributed by atoms with Gasteiger partial charge in [-0.2, -0.15) is 0 Å². The Hall–Kier alpha value is -0.970. The largest absolute Gasteiger partial charge is 0.484 e. The number of aryl methyl sites for hydroxylation is 1. The van der Waals surface area contributed by atoms with Crippen molar-refractivity contribution in [1.82, 2.24) is 10.6 Å². The van der Waals surface area contributed by atoms with Gasteiger partial charge in [-0.25, -0.2) is 0 Å². The Morgan fingerprint density at radius 3 is 2.84 bits per heavy atom. The number of halogens is 2. The summed E-state index contributed by atoms with van der Waals surface area (Å²) in [6.45, 7) is 4.63. The van der Waals surface area contributed by atoms with Gasteiger partial charge in [0.1, 0.15) is 5.75 Å². The van der Waals surface area contributed by atoms with Crippen molar-refractivity contribution in [2.24, 2.45) is 5.92 Å². The number of rotatable bonds is 5. The van der Waals surface area contributed by atoms with Crippen molar-refractivity contribution in [1.29, 1.82) is 0 Å². The molecule has 0 spiro atoms. The number of hydrogen-bond donors (Lipinski definition) is 2. The van der Waals surface area contributed by atoms with Crippen LogP contribution in [0.1, 0.15) is 5.56 Å². The van der Waals surface area contributed by atoms with Gasteiger partial charge in [0.25, 0.3) is 5.91 Å². The number of amides is 1. The van der Waals surface area contributed by atoms with E-state index in [-0.39, 0.29) is 24.9 Å². The van der Waals surface area contributed by atoms with Crippen molar-refractivity contribution in [2.75, 3.05) is 26.2 Å². The summed E-state index contributed by atoms with van der Waals surface area (Å²) in [6.07, 6.45) is 0. The van der Waals surface area contributed by atoms with E-state index < -0.39 is 0 Å². The highest BCUT2D eigenvalue weighted by atomic mass is 35.5. The average molecular weight is 305 g/mol. The molecule has 1 aliphatic heterocycles. The lowest BCUT2D eigenvalue weighted by Crippen LogP contribution is -2.48. The zero-order chi connectivity index (χ0) is 13.0. The quantitative estimate of drug-likeness (QED) is 0.872. The molecule has 1 aromatic carbocycles. The standard InChI is InChI=1S/C13H17ClN2O2.ClH/c1-9-4-11(14)2-3-12(9)18-8-13(17)16-7-10-5-15-6-10;/h2-4,10,15H,5-8H2,1H3,(H,16,17);1H. The molecule has 0 aliphatic carbocycles. The van der Waals surface area contributed by atoms with Gasteiger partial charge in [0, 0.05) is 30.6 Å². The van der Waals surface area contributed by atoms with Crippen molar-refractivity contribution >= 4 is 29.9 Å². The van der Waals surface area contributed by atoms with Crippen LogP contribution in [0.4, 0.5) is 0 Å². The first-order chi connectivity index (χ1) is 8.65. The number of carbonyl (C=O) groups is 1. The molecule has 1 fully saturated rings. The van der Waals surface area contributed by atoms with Gasteiger partial charge in [0.2, 0.25) is 0 Å². The number of benzene rings is 1. The molecule has 0 atom stereocenters. The first kappa shape index (κ1) is 16.1. The predicted molar refractivity (Wildman–Crippen MR) is 78.3 cm³/mol. The van der Waals surface area contributed by atoms with Crippen LogP contribution in [-0.2, 0) is 4.79 Å². The Morgan fingerprint density at radius 2 is 2.26 bits per heavy atom. The minimum Gasteiger partial charge on any atom is -0.484 e. The van der Waals surface area contributed by atoms with Crippen molar-refractivity contribution in [3.63, 3.8) is 0 Å². The van der Waals surface area contributed by atoms with Crippen molar-refractivity contribution < 1.29 is 9.53 Å². The topological polar surface area (TPSA) is 50.4 Å². The second-order valence-corrected chi connectivity index (χ2v) is 4.96. The van der Waals surface area contributed by atoms with Crippen LogP contribution in [-0.4, -0.2) is 32.1 Å². The lowest BCUT2D eigenvalue weighted by Gasteiger charge is -2.27. The number of nitrogens with one attached hydrogen (secondary N) is 2. The number of hydrogen-bond acceptors (Lipinski definition) is 3. The minimum atomic E-state index is -0.0868. The van der Waals surface area contributed by atoms with E-state index in [1.807, 2.05) is 13.0 Å². The van der Waals surface area contributed by atoms with Crippen LogP contribution in [0.3, 0.4) is 0 Å². The third-order valence-corrected chi connectivity index (χ3v) is 3.18. The van der Waals surface area contributed by atoms with E-state index in [9.17, 15) is 4.79 Å². The third-order valence-electron chi connectivity index (χ3n) is 2.95. The van der Waals surface area contributed by atoms with Gasteiger partial charge in [-0.3, -0.25) is 4.79 Å². The first-order valence-electron chi connectivity index (χ1n) is 6.01. The fraction of sp³-hybridized carbons (Fsp3) is 0.462. The number of carbonyl (C=O) groups excluding carboxylic acids is 1. The molecule has 0 saturated carbocycles. The van der Waals surface area contributed by atoms with Gasteiger partial charge in [-0.1, -0.05) is 11.6 Å². The second-order valence-electron chi connectivity index (χ2n) is 4.53. The normalized spacial score (nSPS) is 14.2. The van der Waals surface area contributed by atoms with E-state index >= 15 is 0 Å². The van der Waals surface area contributed by atoms with Crippen LogP contribution in [0.5, 0.6) is 5.75 Å². The molecule has 19 heavy (non-hydrogen) atoms. The average Bonchev–Trinajstić information content (AvgIpc) is 2.25. The van der Waals surface area contributed by atoms with Crippen LogP contribution in [0.2, 0.25) is 5.02 Å². The molecule has 2 rings (SSSR count). The molecule has 0 bridgehead atoms. The molecule has 6 heteroatoms. The monoisotopic (exact) mass is 304 g/mol. The lowest BCUT2D eigenvalue weighted by molar-refractivity contribution is -0.123. The molecule has 2 N–H and O–H groups in total. The van der Waals surface area contributed by atoms with E-state index in [1.165, 1.54) is 0 Å². The molecule has 106 valence electrons. The molecule has 1 aliphatic rings. The fourth-order valence-corrected chi connectivity index (χ4v) is 1.95. The van der Waals surface area contributed by atoms with Crippen LogP contribution >= 0.6 is 24.0 Å². The molecule has 4 nitrogen and oxygen atoms in total. The summed E-state index contributed by atoms with van der Waals surface area (Å²) < 4.78 is 5.45. The first-order valence-corrected chi connectivity index (χ1v) is 6.39. The summed E-state index contributed by atoms with van der Waals surface area (Å²) in [5, 5.41) is 6.68. The smallest absolute Gasteiger partial charge is 0.257 e. The van der Waals surface area contributed by atoms with E-state index in [0.717, 1.165) is 25.2 Å². The second kappa shape index (κ2) is 7.58. The predicted octanol–water partition coefficient (Wildman–Crippen LogP) is 1.78. The maximum absolute atomic E-state index is 11.6.